The number of rotatable bonds is 4. The van der Waals surface area contributed by atoms with Crippen molar-refractivity contribution >= 4 is 5.97 Å². The molecule has 0 atom stereocenters. The number of aromatic nitrogens is 2. The van der Waals surface area contributed by atoms with Gasteiger partial charge in [0.05, 0.1) is 0 Å². The molecule has 1 heterocycles. The van der Waals surface area contributed by atoms with E-state index in [0.717, 1.165) is 36.9 Å². The normalized spacial score (nSPS) is 17.7. The molecular weight excluding hydrogens is 268 g/mol. The Balaban J connectivity index is 2.48. The van der Waals surface area contributed by atoms with Crippen LogP contribution in [0, 0.1) is 13.8 Å². The average Bonchev–Trinajstić information content (AvgIpc) is 2.37. The summed E-state index contributed by atoms with van der Waals surface area (Å²) in [5, 5.41) is 8.89. The van der Waals surface area contributed by atoms with E-state index in [9.17, 15) is 9.59 Å². The summed E-state index contributed by atoms with van der Waals surface area (Å²) in [5.41, 5.74) is 2.07. The Kier molecular flexibility index (Phi) is 4.49. The SMILES string of the molecule is Cc1nc(=O)n(C2(C)CCCCC2)c(C)c1CCC(=O)O. The van der Waals surface area contributed by atoms with Crippen LogP contribution in [0.3, 0.4) is 0 Å². The van der Waals surface area contributed by atoms with Crippen LogP contribution in [0.5, 0.6) is 0 Å². The van der Waals surface area contributed by atoms with Crippen molar-refractivity contribution in [1.29, 1.82) is 0 Å². The van der Waals surface area contributed by atoms with Gasteiger partial charge in [-0.25, -0.2) is 4.79 Å². The maximum atomic E-state index is 12.4. The number of aryl methyl sites for hydroxylation is 1. The van der Waals surface area contributed by atoms with E-state index in [1.165, 1.54) is 6.42 Å². The van der Waals surface area contributed by atoms with E-state index in [1.54, 1.807) is 6.92 Å². The van der Waals surface area contributed by atoms with Gasteiger partial charge in [0.2, 0.25) is 0 Å². The molecule has 0 spiro atoms. The summed E-state index contributed by atoms with van der Waals surface area (Å²) in [6.45, 7) is 5.84. The summed E-state index contributed by atoms with van der Waals surface area (Å²) >= 11 is 0. The van der Waals surface area contributed by atoms with Crippen LogP contribution in [0.1, 0.15) is 62.4 Å². The minimum Gasteiger partial charge on any atom is -0.481 e. The van der Waals surface area contributed by atoms with Gasteiger partial charge in [0, 0.05) is 23.3 Å². The average molecular weight is 292 g/mol. The maximum Gasteiger partial charge on any atom is 0.348 e. The number of nitrogens with zero attached hydrogens (tertiary/aromatic N) is 2. The molecule has 0 amide bonds. The van der Waals surface area contributed by atoms with E-state index in [-0.39, 0.29) is 17.6 Å². The summed E-state index contributed by atoms with van der Waals surface area (Å²) in [4.78, 5) is 27.4. The summed E-state index contributed by atoms with van der Waals surface area (Å²) in [6.07, 6.45) is 5.93. The molecule has 0 bridgehead atoms. The highest BCUT2D eigenvalue weighted by atomic mass is 16.4. The van der Waals surface area contributed by atoms with Crippen molar-refractivity contribution in [3.63, 3.8) is 0 Å². The topological polar surface area (TPSA) is 72.2 Å². The largest absolute Gasteiger partial charge is 0.481 e. The first-order valence-corrected chi connectivity index (χ1v) is 7.66. The predicted octanol–water partition coefficient (Wildman–Crippen LogP) is 2.56. The van der Waals surface area contributed by atoms with Crippen LogP contribution in [0.2, 0.25) is 0 Å². The number of hydrogen-bond acceptors (Lipinski definition) is 3. The zero-order valence-corrected chi connectivity index (χ0v) is 13.1. The molecule has 1 saturated carbocycles. The smallest absolute Gasteiger partial charge is 0.348 e. The van der Waals surface area contributed by atoms with Crippen molar-refractivity contribution in [2.45, 2.75) is 71.3 Å². The summed E-state index contributed by atoms with van der Waals surface area (Å²) in [5.74, 6) is -0.824. The third-order valence-electron chi connectivity index (χ3n) is 4.72. The number of carboxylic acids is 1. The van der Waals surface area contributed by atoms with Crippen LogP contribution in [-0.4, -0.2) is 20.6 Å². The van der Waals surface area contributed by atoms with Gasteiger partial charge >= 0.3 is 11.7 Å². The fourth-order valence-corrected chi connectivity index (χ4v) is 3.57. The molecule has 1 aliphatic carbocycles. The van der Waals surface area contributed by atoms with Crippen LogP contribution < -0.4 is 5.69 Å². The van der Waals surface area contributed by atoms with E-state index < -0.39 is 5.97 Å². The fraction of sp³-hybridized carbons (Fsp3) is 0.688. The van der Waals surface area contributed by atoms with Crippen molar-refractivity contribution in [2.24, 2.45) is 0 Å². The summed E-state index contributed by atoms with van der Waals surface area (Å²) < 4.78 is 1.82. The van der Waals surface area contributed by atoms with E-state index in [0.29, 0.717) is 12.1 Å². The minimum atomic E-state index is -0.824. The monoisotopic (exact) mass is 292 g/mol. The van der Waals surface area contributed by atoms with Gasteiger partial charge in [-0.15, -0.1) is 0 Å². The van der Waals surface area contributed by atoms with Crippen LogP contribution in [-0.2, 0) is 16.8 Å². The van der Waals surface area contributed by atoms with Gasteiger partial charge < -0.3 is 5.11 Å². The van der Waals surface area contributed by atoms with Gasteiger partial charge in [0.1, 0.15) is 0 Å². The molecule has 1 aliphatic rings. The van der Waals surface area contributed by atoms with Crippen LogP contribution >= 0.6 is 0 Å². The van der Waals surface area contributed by atoms with Crippen molar-refractivity contribution in [3.8, 4) is 0 Å². The Morgan fingerprint density at radius 3 is 2.48 bits per heavy atom. The molecule has 0 aromatic carbocycles. The van der Waals surface area contributed by atoms with E-state index in [4.69, 9.17) is 5.11 Å². The van der Waals surface area contributed by atoms with Gasteiger partial charge in [-0.1, -0.05) is 19.3 Å². The van der Waals surface area contributed by atoms with Crippen molar-refractivity contribution in [1.82, 2.24) is 9.55 Å². The molecule has 5 heteroatoms. The number of carbonyl (C=O) groups is 1. The fourth-order valence-electron chi connectivity index (χ4n) is 3.57. The van der Waals surface area contributed by atoms with Crippen LogP contribution in [0.15, 0.2) is 4.79 Å². The molecular formula is C16H24N2O3. The lowest BCUT2D eigenvalue weighted by Gasteiger charge is -2.37. The molecule has 1 fully saturated rings. The third kappa shape index (κ3) is 3.17. The Bertz CT molecular complexity index is 598. The zero-order valence-electron chi connectivity index (χ0n) is 13.1. The molecule has 2 rings (SSSR count). The molecule has 1 N–H and O–H groups in total. The minimum absolute atomic E-state index is 0.0677. The Hall–Kier alpha value is -1.65. The van der Waals surface area contributed by atoms with Crippen molar-refractivity contribution in [3.05, 3.63) is 27.4 Å². The van der Waals surface area contributed by atoms with E-state index in [1.807, 2.05) is 11.5 Å². The molecule has 0 saturated heterocycles. The zero-order chi connectivity index (χ0) is 15.6. The lowest BCUT2D eigenvalue weighted by Crippen LogP contribution is -2.43. The molecule has 0 radical (unpaired) electrons. The number of carboxylic acid groups (broad SMARTS) is 1. The maximum absolute atomic E-state index is 12.4. The summed E-state index contributed by atoms with van der Waals surface area (Å²) in [7, 11) is 0. The van der Waals surface area contributed by atoms with E-state index >= 15 is 0 Å². The molecule has 0 unspecified atom stereocenters. The van der Waals surface area contributed by atoms with Gasteiger partial charge in [0.15, 0.2) is 0 Å². The second-order valence-electron chi connectivity index (χ2n) is 6.33. The predicted molar refractivity (Wildman–Crippen MR) is 80.7 cm³/mol. The lowest BCUT2D eigenvalue weighted by atomic mass is 9.82. The van der Waals surface area contributed by atoms with Gasteiger partial charge in [-0.3, -0.25) is 9.36 Å². The lowest BCUT2D eigenvalue weighted by molar-refractivity contribution is -0.136. The molecule has 5 nitrogen and oxygen atoms in total. The van der Waals surface area contributed by atoms with Crippen LogP contribution in [0.25, 0.3) is 0 Å². The highest BCUT2D eigenvalue weighted by Crippen LogP contribution is 2.34. The molecule has 1 aromatic rings. The summed E-state index contributed by atoms with van der Waals surface area (Å²) in [6, 6.07) is 0. The number of aliphatic carboxylic acids is 1. The quantitative estimate of drug-likeness (QED) is 0.925. The highest BCUT2D eigenvalue weighted by molar-refractivity contribution is 5.67. The van der Waals surface area contributed by atoms with Gasteiger partial charge in [0.25, 0.3) is 0 Å². The molecule has 116 valence electrons. The standard InChI is InChI=1S/C16H24N2O3/c1-11-13(7-8-14(19)20)12(2)18(15(21)17-11)16(3)9-5-4-6-10-16/h4-10H2,1-3H3,(H,19,20). The first-order chi connectivity index (χ1) is 9.85. The highest BCUT2D eigenvalue weighted by Gasteiger charge is 2.32. The Labute approximate surface area is 125 Å². The molecule has 1 aromatic heterocycles. The first-order valence-electron chi connectivity index (χ1n) is 7.66. The van der Waals surface area contributed by atoms with Gasteiger partial charge in [-0.05, 0) is 45.6 Å². The van der Waals surface area contributed by atoms with Crippen molar-refractivity contribution in [2.75, 3.05) is 0 Å². The molecule has 21 heavy (non-hydrogen) atoms. The second-order valence-corrected chi connectivity index (χ2v) is 6.33. The van der Waals surface area contributed by atoms with E-state index in [2.05, 4.69) is 11.9 Å². The van der Waals surface area contributed by atoms with Crippen molar-refractivity contribution < 1.29 is 9.90 Å². The Morgan fingerprint density at radius 1 is 1.29 bits per heavy atom. The second kappa shape index (κ2) is 6.00. The van der Waals surface area contributed by atoms with Crippen LogP contribution in [0.4, 0.5) is 0 Å². The molecule has 0 aliphatic heterocycles. The number of hydrogen-bond donors (Lipinski definition) is 1. The first kappa shape index (κ1) is 15.7. The Morgan fingerprint density at radius 2 is 1.90 bits per heavy atom. The third-order valence-corrected chi connectivity index (χ3v) is 4.72. The van der Waals surface area contributed by atoms with Gasteiger partial charge in [-0.2, -0.15) is 4.98 Å².